The van der Waals surface area contributed by atoms with Crippen molar-refractivity contribution in [3.05, 3.63) is 42.5 Å². The first kappa shape index (κ1) is 22.7. The summed E-state index contributed by atoms with van der Waals surface area (Å²) in [6.07, 6.45) is 5.20. The Hall–Kier alpha value is -1.99. The second-order valence-corrected chi connectivity index (χ2v) is 9.74. The van der Waals surface area contributed by atoms with Crippen LogP contribution in [0.15, 0.2) is 52.3 Å². The highest BCUT2D eigenvalue weighted by Gasteiger charge is 2.28. The van der Waals surface area contributed by atoms with Gasteiger partial charge in [0.05, 0.1) is 39.3 Å². The molecule has 3 rings (SSSR count). The fourth-order valence-corrected chi connectivity index (χ4v) is 5.75. The Balaban J connectivity index is 2.02. The molecule has 0 spiro atoms. The van der Waals surface area contributed by atoms with E-state index in [0.717, 1.165) is 47.0 Å². The van der Waals surface area contributed by atoms with Crippen LogP contribution in [0.25, 0.3) is 0 Å². The molecule has 162 valence electrons. The molecular formula is C23H29NO4S2. The molecule has 1 N–H and O–H groups in total. The van der Waals surface area contributed by atoms with E-state index in [9.17, 15) is 9.00 Å². The molecule has 2 unspecified atom stereocenters. The van der Waals surface area contributed by atoms with Crippen molar-refractivity contribution in [3.8, 4) is 5.75 Å². The summed E-state index contributed by atoms with van der Waals surface area (Å²) in [5.74, 6) is 0.681. The molecule has 2 aromatic rings. The van der Waals surface area contributed by atoms with Gasteiger partial charge in [0.1, 0.15) is 5.75 Å². The number of carboxylic acids is 1. The number of fused-ring (bicyclic) bond motifs is 1. The van der Waals surface area contributed by atoms with E-state index >= 15 is 0 Å². The maximum absolute atomic E-state index is 13.3. The van der Waals surface area contributed by atoms with Gasteiger partial charge in [-0.2, -0.15) is 0 Å². The van der Waals surface area contributed by atoms with Crippen molar-refractivity contribution in [2.24, 2.45) is 5.92 Å². The summed E-state index contributed by atoms with van der Waals surface area (Å²) in [7, 11) is -1.14. The Morgan fingerprint density at radius 1 is 1.30 bits per heavy atom. The Bertz CT molecular complexity index is 888. The normalized spacial score (nSPS) is 18.5. The lowest BCUT2D eigenvalue weighted by molar-refractivity contribution is -0.137. The minimum absolute atomic E-state index is 0.0662. The van der Waals surface area contributed by atoms with Crippen LogP contribution in [0.2, 0.25) is 0 Å². The number of rotatable bonds is 9. The third kappa shape index (κ3) is 5.58. The number of anilines is 2. The third-order valence-electron chi connectivity index (χ3n) is 5.22. The number of benzene rings is 2. The molecule has 2 atom stereocenters. The van der Waals surface area contributed by atoms with Crippen LogP contribution in [-0.4, -0.2) is 40.4 Å². The van der Waals surface area contributed by atoms with Crippen molar-refractivity contribution < 1.29 is 18.8 Å². The first-order chi connectivity index (χ1) is 14.5. The van der Waals surface area contributed by atoms with Gasteiger partial charge in [0.25, 0.3) is 0 Å². The largest absolute Gasteiger partial charge is 0.492 e. The van der Waals surface area contributed by atoms with Gasteiger partial charge in [-0.05, 0) is 42.9 Å². The highest BCUT2D eigenvalue weighted by Crippen LogP contribution is 2.42. The van der Waals surface area contributed by atoms with Gasteiger partial charge in [-0.3, -0.25) is 9.00 Å². The topological polar surface area (TPSA) is 66.8 Å². The number of ether oxygens (including phenoxy) is 1. The van der Waals surface area contributed by atoms with Crippen LogP contribution < -0.4 is 9.64 Å². The van der Waals surface area contributed by atoms with Gasteiger partial charge in [-0.15, -0.1) is 11.8 Å². The van der Waals surface area contributed by atoms with Crippen molar-refractivity contribution in [2.45, 2.75) is 42.4 Å². The molecule has 1 aliphatic heterocycles. The van der Waals surface area contributed by atoms with E-state index in [2.05, 4.69) is 24.0 Å². The maximum atomic E-state index is 13.3. The number of thioether (sulfide) groups is 1. The van der Waals surface area contributed by atoms with Crippen LogP contribution in [0.1, 0.15) is 32.6 Å². The molecule has 5 nitrogen and oxygen atoms in total. The lowest BCUT2D eigenvalue weighted by atomic mass is 10.0. The number of carbonyl (C=O) groups is 1. The van der Waals surface area contributed by atoms with Crippen LogP contribution >= 0.6 is 11.8 Å². The predicted molar refractivity (Wildman–Crippen MR) is 124 cm³/mol. The molecule has 0 bridgehead atoms. The minimum atomic E-state index is -1.14. The van der Waals surface area contributed by atoms with E-state index in [1.165, 1.54) is 0 Å². The van der Waals surface area contributed by atoms with E-state index in [1.807, 2.05) is 36.6 Å². The van der Waals surface area contributed by atoms with Crippen molar-refractivity contribution >= 4 is 39.9 Å². The molecule has 0 aromatic heterocycles. The smallest absolute Gasteiger partial charge is 0.306 e. The number of carboxylic acid groups (broad SMARTS) is 1. The van der Waals surface area contributed by atoms with Crippen LogP contribution in [0.4, 0.5) is 11.4 Å². The van der Waals surface area contributed by atoms with E-state index in [0.29, 0.717) is 17.4 Å². The van der Waals surface area contributed by atoms with Gasteiger partial charge in [0.15, 0.2) is 0 Å². The summed E-state index contributed by atoms with van der Waals surface area (Å²) in [6.45, 7) is 3.11. The molecule has 1 heterocycles. The molecule has 0 fully saturated rings. The van der Waals surface area contributed by atoms with Crippen molar-refractivity contribution in [1.29, 1.82) is 0 Å². The van der Waals surface area contributed by atoms with Gasteiger partial charge in [0, 0.05) is 18.0 Å². The second kappa shape index (κ2) is 10.9. The fourth-order valence-electron chi connectivity index (χ4n) is 3.68. The van der Waals surface area contributed by atoms with Crippen molar-refractivity contribution in [1.82, 2.24) is 0 Å². The van der Waals surface area contributed by atoms with Crippen LogP contribution in [0, 0.1) is 5.92 Å². The zero-order chi connectivity index (χ0) is 21.5. The molecule has 0 amide bonds. The zero-order valence-electron chi connectivity index (χ0n) is 17.5. The summed E-state index contributed by atoms with van der Waals surface area (Å²) >= 11 is 1.55. The van der Waals surface area contributed by atoms with Gasteiger partial charge in [-0.1, -0.05) is 38.0 Å². The first-order valence-electron chi connectivity index (χ1n) is 10.3. The van der Waals surface area contributed by atoms with Crippen molar-refractivity contribution in [2.75, 3.05) is 30.1 Å². The van der Waals surface area contributed by atoms with Gasteiger partial charge in [-0.25, -0.2) is 0 Å². The average molecular weight is 448 g/mol. The molecule has 0 aliphatic carbocycles. The summed E-state index contributed by atoms with van der Waals surface area (Å²) < 4.78 is 19.1. The lowest BCUT2D eigenvalue weighted by Gasteiger charge is -2.28. The number of hydrogen-bond acceptors (Lipinski definition) is 5. The predicted octanol–water partition coefficient (Wildman–Crippen LogP) is 5.33. The number of aliphatic carboxylic acids is 1. The zero-order valence-corrected chi connectivity index (χ0v) is 19.1. The minimum Gasteiger partial charge on any atom is -0.492 e. The number of unbranched alkanes of at least 4 members (excludes halogenated alkanes) is 1. The molecule has 30 heavy (non-hydrogen) atoms. The van der Waals surface area contributed by atoms with Crippen LogP contribution in [0.5, 0.6) is 5.75 Å². The Kier molecular flexibility index (Phi) is 8.22. The summed E-state index contributed by atoms with van der Waals surface area (Å²) in [4.78, 5) is 14.8. The monoisotopic (exact) mass is 447 g/mol. The summed E-state index contributed by atoms with van der Waals surface area (Å²) in [5, 5.41) is 8.91. The number of hydrogen-bond donors (Lipinski definition) is 1. The molecule has 0 saturated carbocycles. The van der Waals surface area contributed by atoms with Gasteiger partial charge in [0.2, 0.25) is 0 Å². The molecule has 7 heteroatoms. The molecule has 1 aliphatic rings. The Labute approximate surface area is 185 Å². The quantitative estimate of drug-likeness (QED) is 0.524. The second-order valence-electron chi connectivity index (χ2n) is 7.43. The lowest BCUT2D eigenvalue weighted by Crippen LogP contribution is -2.25. The van der Waals surface area contributed by atoms with Gasteiger partial charge < -0.3 is 14.7 Å². The van der Waals surface area contributed by atoms with Crippen LogP contribution in [0.3, 0.4) is 0 Å². The standard InChI is InChI=1S/C23H29NO4S2/c1-3-4-8-17-15-24(18-9-6-5-7-10-18)19-13-21(29-2)20(28-12-11-23(25)26)14-22(19)30(27)16-17/h5-7,9-10,13-14,17H,3-4,8,11-12,15-16H2,1-2H3,(H,25,26). The summed E-state index contributed by atoms with van der Waals surface area (Å²) in [6, 6.07) is 14.1. The van der Waals surface area contributed by atoms with E-state index < -0.39 is 16.8 Å². The molecule has 0 saturated heterocycles. The Morgan fingerprint density at radius 2 is 2.07 bits per heavy atom. The first-order valence-corrected chi connectivity index (χ1v) is 12.9. The van der Waals surface area contributed by atoms with Crippen molar-refractivity contribution in [3.63, 3.8) is 0 Å². The molecular weight excluding hydrogens is 418 g/mol. The SMILES string of the molecule is CCCCC1CN(c2ccccc2)c2cc(SC)c(OCCC(=O)O)cc2S(=O)C1. The van der Waals surface area contributed by atoms with E-state index in [1.54, 1.807) is 11.8 Å². The summed E-state index contributed by atoms with van der Waals surface area (Å²) in [5.41, 5.74) is 2.04. The van der Waals surface area contributed by atoms with E-state index in [4.69, 9.17) is 9.84 Å². The third-order valence-corrected chi connectivity index (χ3v) is 7.57. The highest BCUT2D eigenvalue weighted by atomic mass is 32.2. The molecule has 0 radical (unpaired) electrons. The van der Waals surface area contributed by atoms with Gasteiger partial charge >= 0.3 is 5.97 Å². The maximum Gasteiger partial charge on any atom is 0.306 e. The van der Waals surface area contributed by atoms with E-state index in [-0.39, 0.29) is 13.0 Å². The average Bonchev–Trinajstić information content (AvgIpc) is 2.88. The Morgan fingerprint density at radius 3 is 2.73 bits per heavy atom. The number of nitrogens with zero attached hydrogens (tertiary/aromatic N) is 1. The number of para-hydroxylation sites is 1. The van der Waals surface area contributed by atoms with Crippen LogP contribution in [-0.2, 0) is 15.6 Å². The molecule has 2 aromatic carbocycles. The fraction of sp³-hybridized carbons (Fsp3) is 0.435. The highest BCUT2D eigenvalue weighted by molar-refractivity contribution is 7.98.